The molecule has 88 valence electrons. The van der Waals surface area contributed by atoms with Gasteiger partial charge in [0.25, 0.3) is 6.43 Å². The van der Waals surface area contributed by atoms with Crippen molar-refractivity contribution in [1.29, 1.82) is 0 Å². The molecule has 0 bridgehead atoms. The lowest BCUT2D eigenvalue weighted by Gasteiger charge is -2.09. The molecule has 1 aromatic rings. The van der Waals surface area contributed by atoms with Gasteiger partial charge in [-0.25, -0.2) is 18.6 Å². The van der Waals surface area contributed by atoms with Crippen molar-refractivity contribution in [2.45, 2.75) is 13.3 Å². The summed E-state index contributed by atoms with van der Waals surface area (Å²) in [6.07, 6.45) is -1.62. The third-order valence-corrected chi connectivity index (χ3v) is 3.24. The summed E-state index contributed by atoms with van der Waals surface area (Å²) in [7, 11) is 0. The monoisotopic (exact) mass is 361 g/mol. The normalized spacial score (nSPS) is 10.6. The standard InChI is InChI=1S/C9H7ClF2INO2/c1-2-16-9(15)7-5(8(11)12)6(10)4(13)3-14-7/h3,8H,2H2,1H3. The van der Waals surface area contributed by atoms with E-state index in [4.69, 9.17) is 11.6 Å². The first-order chi connectivity index (χ1) is 7.49. The molecule has 1 heterocycles. The van der Waals surface area contributed by atoms with Crippen molar-refractivity contribution in [2.24, 2.45) is 0 Å². The van der Waals surface area contributed by atoms with Crippen molar-refractivity contribution in [2.75, 3.05) is 6.61 Å². The van der Waals surface area contributed by atoms with Gasteiger partial charge in [0.2, 0.25) is 0 Å². The Morgan fingerprint density at radius 2 is 2.31 bits per heavy atom. The molecule has 0 aliphatic heterocycles. The minimum absolute atomic E-state index is 0.0901. The topological polar surface area (TPSA) is 39.2 Å². The van der Waals surface area contributed by atoms with Crippen LogP contribution in [-0.4, -0.2) is 17.6 Å². The number of carbonyl (C=O) groups is 1. The number of halogens is 4. The second kappa shape index (κ2) is 5.72. The maximum Gasteiger partial charge on any atom is 0.357 e. The molecule has 0 spiro atoms. The second-order valence-electron chi connectivity index (χ2n) is 2.70. The summed E-state index contributed by atoms with van der Waals surface area (Å²) in [5.41, 5.74) is -1.01. The van der Waals surface area contributed by atoms with Crippen molar-refractivity contribution in [3.8, 4) is 0 Å². The molecule has 0 aromatic carbocycles. The fraction of sp³-hybridized carbons (Fsp3) is 0.333. The minimum atomic E-state index is -2.87. The van der Waals surface area contributed by atoms with Crippen LogP contribution in [0.2, 0.25) is 5.02 Å². The van der Waals surface area contributed by atoms with Crippen molar-refractivity contribution in [1.82, 2.24) is 4.98 Å². The summed E-state index contributed by atoms with van der Waals surface area (Å²) in [4.78, 5) is 15.0. The number of esters is 1. The molecule has 7 heteroatoms. The lowest BCUT2D eigenvalue weighted by atomic mass is 10.2. The minimum Gasteiger partial charge on any atom is -0.461 e. The smallest absolute Gasteiger partial charge is 0.357 e. The first-order valence-corrected chi connectivity index (χ1v) is 5.73. The second-order valence-corrected chi connectivity index (χ2v) is 4.24. The van der Waals surface area contributed by atoms with E-state index in [2.05, 4.69) is 9.72 Å². The number of carbonyl (C=O) groups excluding carboxylic acids is 1. The lowest BCUT2D eigenvalue weighted by molar-refractivity contribution is 0.0507. The van der Waals surface area contributed by atoms with E-state index in [1.165, 1.54) is 6.20 Å². The summed E-state index contributed by atoms with van der Waals surface area (Å²) in [6.45, 7) is 1.67. The SMILES string of the molecule is CCOC(=O)c1ncc(I)c(Cl)c1C(F)F. The summed E-state index contributed by atoms with van der Waals surface area (Å²) in [6, 6.07) is 0. The molecular formula is C9H7ClF2INO2. The number of ether oxygens (including phenoxy) is 1. The summed E-state index contributed by atoms with van der Waals surface area (Å²) in [5, 5.41) is -0.159. The first kappa shape index (κ1) is 13.6. The predicted octanol–water partition coefficient (Wildman–Crippen LogP) is 3.45. The average Bonchev–Trinajstić information content (AvgIpc) is 2.21. The van der Waals surface area contributed by atoms with Crippen molar-refractivity contribution in [3.05, 3.63) is 26.0 Å². The molecule has 0 amide bonds. The summed E-state index contributed by atoms with van der Waals surface area (Å²) in [5.74, 6) is -0.892. The molecule has 0 radical (unpaired) electrons. The average molecular weight is 362 g/mol. The number of nitrogens with zero attached hydrogens (tertiary/aromatic N) is 1. The molecule has 0 fully saturated rings. The Morgan fingerprint density at radius 1 is 1.69 bits per heavy atom. The molecule has 0 atom stereocenters. The molecule has 0 aliphatic rings. The maximum atomic E-state index is 12.7. The van der Waals surface area contributed by atoms with Crippen LogP contribution < -0.4 is 0 Å². The number of aromatic nitrogens is 1. The van der Waals surface area contributed by atoms with Crippen molar-refractivity contribution >= 4 is 40.2 Å². The summed E-state index contributed by atoms with van der Waals surface area (Å²) < 4.78 is 30.4. The van der Waals surface area contributed by atoms with Gasteiger partial charge >= 0.3 is 5.97 Å². The van der Waals surface area contributed by atoms with Gasteiger partial charge in [-0.2, -0.15) is 0 Å². The molecule has 0 aliphatic carbocycles. The van der Waals surface area contributed by atoms with Crippen LogP contribution in [-0.2, 0) is 4.74 Å². The van der Waals surface area contributed by atoms with Crippen LogP contribution >= 0.6 is 34.2 Å². The van der Waals surface area contributed by atoms with E-state index in [9.17, 15) is 13.6 Å². The molecule has 1 rings (SSSR count). The zero-order chi connectivity index (χ0) is 12.3. The first-order valence-electron chi connectivity index (χ1n) is 4.28. The molecular weight excluding hydrogens is 354 g/mol. The number of pyridine rings is 1. The van der Waals surface area contributed by atoms with E-state index in [1.807, 2.05) is 0 Å². The highest BCUT2D eigenvalue weighted by Crippen LogP contribution is 2.32. The maximum absolute atomic E-state index is 12.7. The number of rotatable bonds is 3. The van der Waals surface area contributed by atoms with Crippen LogP contribution in [0.3, 0.4) is 0 Å². The Morgan fingerprint density at radius 3 is 2.81 bits per heavy atom. The molecule has 1 aromatic heterocycles. The third-order valence-electron chi connectivity index (χ3n) is 1.70. The van der Waals surface area contributed by atoms with Gasteiger partial charge in [-0.1, -0.05) is 11.6 Å². The highest BCUT2D eigenvalue weighted by molar-refractivity contribution is 14.1. The summed E-state index contributed by atoms with van der Waals surface area (Å²) >= 11 is 7.47. The van der Waals surface area contributed by atoms with Crippen molar-refractivity contribution < 1.29 is 18.3 Å². The fourth-order valence-electron chi connectivity index (χ4n) is 1.04. The third kappa shape index (κ3) is 2.79. The number of hydrogen-bond donors (Lipinski definition) is 0. The van der Waals surface area contributed by atoms with E-state index in [0.29, 0.717) is 3.57 Å². The van der Waals surface area contributed by atoms with Crippen LogP contribution in [0.15, 0.2) is 6.20 Å². The van der Waals surface area contributed by atoms with Crippen LogP contribution in [0.5, 0.6) is 0 Å². The quantitative estimate of drug-likeness (QED) is 0.611. The largest absolute Gasteiger partial charge is 0.461 e. The van der Waals surface area contributed by atoms with Gasteiger partial charge in [-0.3, -0.25) is 0 Å². The predicted molar refractivity (Wildman–Crippen MR) is 62.9 cm³/mol. The number of hydrogen-bond acceptors (Lipinski definition) is 3. The zero-order valence-corrected chi connectivity index (χ0v) is 11.1. The van der Waals surface area contributed by atoms with E-state index in [1.54, 1.807) is 29.5 Å². The van der Waals surface area contributed by atoms with Crippen molar-refractivity contribution in [3.63, 3.8) is 0 Å². The molecule has 0 saturated carbocycles. The highest BCUT2D eigenvalue weighted by Gasteiger charge is 2.25. The lowest BCUT2D eigenvalue weighted by Crippen LogP contribution is -2.12. The van der Waals surface area contributed by atoms with Gasteiger partial charge in [0.15, 0.2) is 5.69 Å². The molecule has 3 nitrogen and oxygen atoms in total. The van der Waals surface area contributed by atoms with Gasteiger partial charge in [-0.15, -0.1) is 0 Å². The van der Waals surface area contributed by atoms with Crippen LogP contribution in [0.1, 0.15) is 29.4 Å². The Kier molecular flexibility index (Phi) is 4.85. The Bertz CT molecular complexity index is 415. The Hall–Kier alpha value is -0.500. The van der Waals surface area contributed by atoms with Gasteiger partial charge in [0, 0.05) is 6.20 Å². The van der Waals surface area contributed by atoms with E-state index in [-0.39, 0.29) is 11.6 Å². The molecule has 0 unspecified atom stereocenters. The van der Waals surface area contributed by atoms with Gasteiger partial charge in [-0.05, 0) is 29.5 Å². The fourth-order valence-corrected chi connectivity index (χ4v) is 1.69. The van der Waals surface area contributed by atoms with Gasteiger partial charge in [0.1, 0.15) is 0 Å². The van der Waals surface area contributed by atoms with Crippen LogP contribution in [0.25, 0.3) is 0 Å². The highest BCUT2D eigenvalue weighted by atomic mass is 127. The van der Waals surface area contributed by atoms with Crippen LogP contribution in [0.4, 0.5) is 8.78 Å². The van der Waals surface area contributed by atoms with Gasteiger partial charge < -0.3 is 4.74 Å². The zero-order valence-electron chi connectivity index (χ0n) is 8.14. The van der Waals surface area contributed by atoms with Crippen LogP contribution in [0, 0.1) is 3.57 Å². The molecule has 16 heavy (non-hydrogen) atoms. The van der Waals surface area contributed by atoms with Gasteiger partial charge in [0.05, 0.1) is 20.8 Å². The van der Waals surface area contributed by atoms with E-state index >= 15 is 0 Å². The van der Waals surface area contributed by atoms with E-state index < -0.39 is 23.7 Å². The Labute approximate surface area is 109 Å². The molecule has 0 N–H and O–H groups in total. The molecule has 0 saturated heterocycles. The van der Waals surface area contributed by atoms with E-state index in [0.717, 1.165) is 0 Å². The number of alkyl halides is 2. The Balaban J connectivity index is 3.28.